The second kappa shape index (κ2) is 6.95. The first-order valence-electron chi connectivity index (χ1n) is 7.19. The zero-order chi connectivity index (χ0) is 15.8. The maximum atomic E-state index is 14.5. The second-order valence-electron chi connectivity index (χ2n) is 6.47. The minimum absolute atomic E-state index is 0. The molecule has 1 aliphatic rings. The molecule has 0 saturated carbocycles. The molecule has 0 radical (unpaired) electrons. The molecule has 0 N–H and O–H groups in total. The summed E-state index contributed by atoms with van der Waals surface area (Å²) in [6.45, 7) is 8.40. The lowest BCUT2D eigenvalue weighted by Gasteiger charge is -2.11. The highest BCUT2D eigenvalue weighted by Gasteiger charge is 2.41. The first-order chi connectivity index (χ1) is 9.76. The Morgan fingerprint density at radius 3 is 2.55 bits per heavy atom. The van der Waals surface area contributed by atoms with Crippen LogP contribution in [0.15, 0.2) is 12.1 Å². The minimum atomic E-state index is -0.283. The van der Waals surface area contributed by atoms with Crippen molar-refractivity contribution in [1.29, 1.82) is 5.26 Å². The number of hydrogen-bond acceptors (Lipinski definition) is 2. The van der Waals surface area contributed by atoms with Gasteiger partial charge in [0.2, 0.25) is 0 Å². The first kappa shape index (κ1) is 18.9. The highest BCUT2D eigenvalue weighted by Crippen LogP contribution is 2.25. The fourth-order valence-corrected chi connectivity index (χ4v) is 2.56. The summed E-state index contributed by atoms with van der Waals surface area (Å²) >= 11 is 0. The summed E-state index contributed by atoms with van der Waals surface area (Å²) < 4.78 is 22.2. The molecule has 0 aliphatic carbocycles. The van der Waals surface area contributed by atoms with Gasteiger partial charge >= 0.3 is 5.90 Å². The lowest BCUT2D eigenvalue weighted by Crippen LogP contribution is -3.00. The number of halogens is 2. The third-order valence-electron chi connectivity index (χ3n) is 4.10. The van der Waals surface area contributed by atoms with Crippen LogP contribution in [0, 0.1) is 30.0 Å². The predicted octanol–water partition coefficient (Wildman–Crippen LogP) is 0.0380. The molecule has 0 amide bonds. The zero-order valence-electron chi connectivity index (χ0n) is 13.7. The molecular formula is C17H22FIN2O. The van der Waals surface area contributed by atoms with Crippen LogP contribution in [0.3, 0.4) is 0 Å². The fourth-order valence-electron chi connectivity index (χ4n) is 2.56. The maximum absolute atomic E-state index is 14.5. The van der Waals surface area contributed by atoms with Crippen molar-refractivity contribution in [2.75, 3.05) is 13.7 Å². The quantitative estimate of drug-likeness (QED) is 0.516. The number of ether oxygens (including phenoxy) is 1. The van der Waals surface area contributed by atoms with Gasteiger partial charge in [-0.05, 0) is 37.5 Å². The van der Waals surface area contributed by atoms with Crippen LogP contribution in [0.1, 0.15) is 37.5 Å². The summed E-state index contributed by atoms with van der Waals surface area (Å²) in [6.07, 6.45) is 0.562. The van der Waals surface area contributed by atoms with Crippen LogP contribution in [-0.2, 0) is 11.2 Å². The molecule has 0 aromatic heterocycles. The van der Waals surface area contributed by atoms with E-state index in [9.17, 15) is 4.39 Å². The summed E-state index contributed by atoms with van der Waals surface area (Å²) in [5.41, 5.74) is 2.08. The van der Waals surface area contributed by atoms with Crippen LogP contribution in [0.5, 0.6) is 0 Å². The lowest BCUT2D eigenvalue weighted by molar-refractivity contribution is -0.562. The van der Waals surface area contributed by atoms with E-state index in [2.05, 4.69) is 19.9 Å². The van der Waals surface area contributed by atoms with E-state index < -0.39 is 0 Å². The van der Waals surface area contributed by atoms with E-state index in [0.717, 1.165) is 11.1 Å². The van der Waals surface area contributed by atoms with Crippen molar-refractivity contribution >= 4 is 5.90 Å². The normalized spacial score (nSPS) is 17.5. The largest absolute Gasteiger partial charge is 1.00 e. The van der Waals surface area contributed by atoms with Gasteiger partial charge in [0, 0.05) is 19.8 Å². The molecular weight excluding hydrogens is 394 g/mol. The van der Waals surface area contributed by atoms with Crippen molar-refractivity contribution in [3.63, 3.8) is 0 Å². The summed E-state index contributed by atoms with van der Waals surface area (Å²) in [5.74, 6) is 0.191. The molecule has 120 valence electrons. The maximum Gasteiger partial charge on any atom is 0.373 e. The average Bonchev–Trinajstić information content (AvgIpc) is 2.65. The van der Waals surface area contributed by atoms with Crippen molar-refractivity contribution in [2.45, 2.75) is 39.7 Å². The Hall–Kier alpha value is -1.16. The molecule has 5 heteroatoms. The van der Waals surface area contributed by atoms with E-state index in [1.54, 1.807) is 0 Å². The average molecular weight is 416 g/mol. The molecule has 1 unspecified atom stereocenters. The van der Waals surface area contributed by atoms with Crippen molar-refractivity contribution in [3.8, 4) is 6.07 Å². The Morgan fingerprint density at radius 1 is 1.45 bits per heavy atom. The number of rotatable bonds is 3. The Balaban J connectivity index is 0.00000242. The van der Waals surface area contributed by atoms with Crippen molar-refractivity contribution < 1.29 is 37.7 Å². The van der Waals surface area contributed by atoms with Crippen molar-refractivity contribution in [2.24, 2.45) is 5.92 Å². The number of aryl methyl sites for hydroxylation is 1. The Morgan fingerprint density at radius 2 is 2.09 bits per heavy atom. The molecule has 0 fully saturated rings. The molecule has 2 rings (SSSR count). The van der Waals surface area contributed by atoms with E-state index in [1.165, 1.54) is 6.07 Å². The summed E-state index contributed by atoms with van der Waals surface area (Å²) in [4.78, 5) is 0. The Bertz CT molecular complexity index is 624. The van der Waals surface area contributed by atoms with Gasteiger partial charge in [-0.25, -0.2) is 4.39 Å². The van der Waals surface area contributed by atoms with Crippen LogP contribution in [-0.4, -0.2) is 29.7 Å². The predicted molar refractivity (Wildman–Crippen MR) is 79.9 cm³/mol. The van der Waals surface area contributed by atoms with Gasteiger partial charge in [0.05, 0.1) is 6.07 Å². The summed E-state index contributed by atoms with van der Waals surface area (Å²) in [5, 5.41) is 8.88. The molecule has 1 aromatic carbocycles. The molecule has 0 bridgehead atoms. The molecule has 1 aromatic rings. The third kappa shape index (κ3) is 3.60. The van der Waals surface area contributed by atoms with Crippen LogP contribution >= 0.6 is 0 Å². The molecule has 0 saturated heterocycles. The van der Waals surface area contributed by atoms with Gasteiger partial charge < -0.3 is 28.7 Å². The molecule has 1 heterocycles. The number of likely N-dealkylation sites (N-methyl/N-ethyl adjacent to an activating group) is 1. The van der Waals surface area contributed by atoms with Crippen molar-refractivity contribution in [3.05, 3.63) is 34.6 Å². The monoisotopic (exact) mass is 416 g/mol. The molecule has 0 spiro atoms. The lowest BCUT2D eigenvalue weighted by atomic mass is 9.97. The van der Waals surface area contributed by atoms with E-state index in [1.807, 2.05) is 31.5 Å². The topological polar surface area (TPSA) is 36.0 Å². The Labute approximate surface area is 148 Å². The minimum Gasteiger partial charge on any atom is -1.00 e. The van der Waals surface area contributed by atoms with Crippen LogP contribution in [0.2, 0.25) is 0 Å². The van der Waals surface area contributed by atoms with Gasteiger partial charge in [-0.3, -0.25) is 0 Å². The highest BCUT2D eigenvalue weighted by atomic mass is 127. The number of benzene rings is 1. The SMILES string of the molecule is Cc1cc(CC(C)C#N)cc(F)c1C1=[N+](C)C(C)(C)CO1.[I-]. The molecule has 1 aliphatic heterocycles. The van der Waals surface area contributed by atoms with E-state index in [-0.39, 0.29) is 41.3 Å². The van der Waals surface area contributed by atoms with Gasteiger partial charge in [-0.1, -0.05) is 6.07 Å². The number of hydrogen-bond donors (Lipinski definition) is 0. The molecule has 22 heavy (non-hydrogen) atoms. The van der Waals surface area contributed by atoms with Gasteiger partial charge in [-0.15, -0.1) is 0 Å². The summed E-state index contributed by atoms with van der Waals surface area (Å²) in [7, 11) is 1.92. The van der Waals surface area contributed by atoms with E-state index >= 15 is 0 Å². The van der Waals surface area contributed by atoms with Crippen molar-refractivity contribution in [1.82, 2.24) is 0 Å². The Kier molecular flexibility index (Phi) is 5.96. The van der Waals surface area contributed by atoms with Crippen LogP contribution < -0.4 is 24.0 Å². The highest BCUT2D eigenvalue weighted by molar-refractivity contribution is 5.93. The molecule has 1 atom stereocenters. The fraction of sp³-hybridized carbons (Fsp3) is 0.529. The van der Waals surface area contributed by atoms with Crippen LogP contribution in [0.25, 0.3) is 0 Å². The molecule has 3 nitrogen and oxygen atoms in total. The van der Waals surface area contributed by atoms with E-state index in [4.69, 9.17) is 10.00 Å². The van der Waals surface area contributed by atoms with Crippen LogP contribution in [0.4, 0.5) is 4.39 Å². The number of nitrogens with zero attached hydrogens (tertiary/aromatic N) is 2. The van der Waals surface area contributed by atoms with Gasteiger partial charge in [0.15, 0.2) is 12.1 Å². The van der Waals surface area contributed by atoms with Gasteiger partial charge in [-0.2, -0.15) is 9.84 Å². The van der Waals surface area contributed by atoms with E-state index in [0.29, 0.717) is 24.5 Å². The smallest absolute Gasteiger partial charge is 0.373 e. The summed E-state index contributed by atoms with van der Waals surface area (Å²) in [6, 6.07) is 5.65. The standard InChI is InChI=1S/C17H22FN2O.HI/c1-11(9-19)6-13-7-12(2)15(14(18)8-13)16-20(5)17(3,4)10-21-16;/h7-8,11H,6,10H2,1-5H3;1H/q+1;/p-1. The first-order valence-corrected chi connectivity index (χ1v) is 7.19. The third-order valence-corrected chi connectivity index (χ3v) is 4.10. The van der Waals surface area contributed by atoms with Gasteiger partial charge in [0.1, 0.15) is 18.4 Å². The zero-order valence-corrected chi connectivity index (χ0v) is 15.9. The second-order valence-corrected chi connectivity index (χ2v) is 6.47. The number of nitriles is 1. The van der Waals surface area contributed by atoms with Gasteiger partial charge in [0.25, 0.3) is 0 Å².